The average Bonchev–Trinajstić information content (AvgIpc) is 2.73. The molecule has 27 heavy (non-hydrogen) atoms. The van der Waals surface area contributed by atoms with Gasteiger partial charge in [0.05, 0.1) is 5.56 Å². The van der Waals surface area contributed by atoms with Gasteiger partial charge in [-0.25, -0.2) is 9.97 Å². The first-order chi connectivity index (χ1) is 13.2. The molecule has 0 spiro atoms. The number of hydrogen-bond acceptors (Lipinski definition) is 4. The maximum Gasteiger partial charge on any atom is 0.254 e. The Morgan fingerprint density at radius 1 is 1.04 bits per heavy atom. The molecular formula is C21H19ClN4O. The van der Waals surface area contributed by atoms with E-state index in [2.05, 4.69) is 44.5 Å². The minimum Gasteiger partial charge on any atom is -0.348 e. The molecule has 0 saturated heterocycles. The van der Waals surface area contributed by atoms with Crippen LogP contribution in [0, 0.1) is 0 Å². The van der Waals surface area contributed by atoms with E-state index >= 15 is 0 Å². The van der Waals surface area contributed by atoms with Gasteiger partial charge in [-0.2, -0.15) is 0 Å². The zero-order valence-corrected chi connectivity index (χ0v) is 15.5. The van der Waals surface area contributed by atoms with Crippen molar-refractivity contribution in [1.29, 1.82) is 0 Å². The van der Waals surface area contributed by atoms with Crippen LogP contribution < -0.4 is 10.2 Å². The van der Waals surface area contributed by atoms with E-state index < -0.39 is 0 Å². The quantitative estimate of drug-likeness (QED) is 0.753. The molecule has 5 nitrogen and oxygen atoms in total. The lowest BCUT2D eigenvalue weighted by Gasteiger charge is -2.28. The number of carbonyl (C=O) groups is 1. The van der Waals surface area contributed by atoms with E-state index in [4.69, 9.17) is 11.6 Å². The molecule has 1 aliphatic heterocycles. The molecule has 6 heteroatoms. The lowest BCUT2D eigenvalue weighted by Crippen LogP contribution is -2.32. The van der Waals surface area contributed by atoms with Gasteiger partial charge < -0.3 is 10.2 Å². The van der Waals surface area contributed by atoms with Gasteiger partial charge in [0.25, 0.3) is 5.91 Å². The fraction of sp³-hybridized carbons (Fsp3) is 0.190. The number of carbonyl (C=O) groups excluding carboxylic acids is 1. The summed E-state index contributed by atoms with van der Waals surface area (Å²) in [5, 5.41) is 3.55. The maximum absolute atomic E-state index is 12.3. The van der Waals surface area contributed by atoms with Crippen molar-refractivity contribution < 1.29 is 4.79 Å². The van der Waals surface area contributed by atoms with Crippen LogP contribution in [0.15, 0.2) is 60.9 Å². The van der Waals surface area contributed by atoms with Gasteiger partial charge >= 0.3 is 0 Å². The Bertz CT molecular complexity index is 941. The molecule has 0 saturated carbocycles. The fourth-order valence-corrected chi connectivity index (χ4v) is 3.28. The van der Waals surface area contributed by atoms with E-state index in [1.54, 1.807) is 24.5 Å². The van der Waals surface area contributed by atoms with Gasteiger partial charge in [-0.3, -0.25) is 4.79 Å². The van der Waals surface area contributed by atoms with Crippen LogP contribution in [0.25, 0.3) is 0 Å². The number of nitrogens with one attached hydrogen (secondary N) is 1. The second kappa shape index (κ2) is 7.76. The monoisotopic (exact) mass is 378 g/mol. The number of nitrogens with zero attached hydrogens (tertiary/aromatic N) is 3. The molecule has 1 aromatic heterocycles. The first kappa shape index (κ1) is 17.5. The third-order valence-electron chi connectivity index (χ3n) is 4.68. The van der Waals surface area contributed by atoms with Crippen LogP contribution in [-0.4, -0.2) is 22.4 Å². The molecule has 2 heterocycles. The summed E-state index contributed by atoms with van der Waals surface area (Å²) >= 11 is 5.87. The Hall–Kier alpha value is -2.92. The van der Waals surface area contributed by atoms with Crippen molar-refractivity contribution in [3.05, 3.63) is 88.2 Å². The number of halogens is 1. The average molecular weight is 379 g/mol. The number of anilines is 1. The Kier molecular flexibility index (Phi) is 5.03. The number of fused-ring (bicyclic) bond motifs is 1. The number of hydrogen-bond donors (Lipinski definition) is 1. The van der Waals surface area contributed by atoms with E-state index in [1.807, 2.05) is 12.1 Å². The minimum atomic E-state index is -0.194. The summed E-state index contributed by atoms with van der Waals surface area (Å²) < 4.78 is 0. The molecule has 2 aromatic carbocycles. The van der Waals surface area contributed by atoms with Crippen molar-refractivity contribution >= 4 is 23.5 Å². The molecule has 1 amide bonds. The zero-order valence-electron chi connectivity index (χ0n) is 14.7. The number of aromatic nitrogens is 2. The molecule has 0 radical (unpaired) electrons. The van der Waals surface area contributed by atoms with E-state index in [0.717, 1.165) is 25.1 Å². The van der Waals surface area contributed by atoms with Gasteiger partial charge in [-0.05, 0) is 35.2 Å². The second-order valence-corrected chi connectivity index (χ2v) is 6.96. The molecule has 1 N–H and O–H groups in total. The van der Waals surface area contributed by atoms with Gasteiger partial charge in [0.2, 0.25) is 5.95 Å². The molecule has 0 unspecified atom stereocenters. The smallest absolute Gasteiger partial charge is 0.254 e. The van der Waals surface area contributed by atoms with Crippen molar-refractivity contribution in [2.75, 3.05) is 11.4 Å². The first-order valence-electron chi connectivity index (χ1n) is 8.85. The molecule has 0 bridgehead atoms. The molecule has 0 atom stereocenters. The largest absolute Gasteiger partial charge is 0.348 e. The van der Waals surface area contributed by atoms with Crippen molar-refractivity contribution in [2.45, 2.75) is 19.5 Å². The summed E-state index contributed by atoms with van der Waals surface area (Å²) in [5.41, 5.74) is 4.12. The second-order valence-electron chi connectivity index (χ2n) is 6.52. The zero-order chi connectivity index (χ0) is 18.6. The maximum atomic E-state index is 12.3. The van der Waals surface area contributed by atoms with E-state index in [9.17, 15) is 4.79 Å². The van der Waals surface area contributed by atoms with Crippen molar-refractivity contribution in [3.63, 3.8) is 0 Å². The molecule has 1 aliphatic rings. The standard InChI is InChI=1S/C21H19ClN4O/c22-19-7-5-15(6-8-19)11-23-20(27)18-12-24-21(25-13-18)26-10-9-16-3-1-2-4-17(16)14-26/h1-8,12-13H,9-11,14H2,(H,23,27). The third-order valence-corrected chi connectivity index (χ3v) is 4.93. The highest BCUT2D eigenvalue weighted by molar-refractivity contribution is 6.30. The Morgan fingerprint density at radius 3 is 2.48 bits per heavy atom. The van der Waals surface area contributed by atoms with E-state index in [-0.39, 0.29) is 5.91 Å². The fourth-order valence-electron chi connectivity index (χ4n) is 3.15. The topological polar surface area (TPSA) is 58.1 Å². The van der Waals surface area contributed by atoms with Gasteiger partial charge in [0.1, 0.15) is 0 Å². The Balaban J connectivity index is 1.38. The number of rotatable bonds is 4. The van der Waals surface area contributed by atoms with Crippen LogP contribution in [0.2, 0.25) is 5.02 Å². The minimum absolute atomic E-state index is 0.194. The molecular weight excluding hydrogens is 360 g/mol. The molecule has 0 fully saturated rings. The number of amides is 1. The van der Waals surface area contributed by atoms with Crippen LogP contribution in [0.1, 0.15) is 27.0 Å². The summed E-state index contributed by atoms with van der Waals surface area (Å²) in [7, 11) is 0. The van der Waals surface area contributed by atoms with E-state index in [1.165, 1.54) is 11.1 Å². The van der Waals surface area contributed by atoms with Crippen molar-refractivity contribution in [2.24, 2.45) is 0 Å². The third kappa shape index (κ3) is 4.09. The van der Waals surface area contributed by atoms with E-state index in [0.29, 0.717) is 23.1 Å². The highest BCUT2D eigenvalue weighted by atomic mass is 35.5. The SMILES string of the molecule is O=C(NCc1ccc(Cl)cc1)c1cnc(N2CCc3ccccc3C2)nc1. The molecule has 3 aromatic rings. The van der Waals surface area contributed by atoms with Crippen LogP contribution in [0.3, 0.4) is 0 Å². The summed E-state index contributed by atoms with van der Waals surface area (Å²) in [6.45, 7) is 2.10. The Labute approximate surface area is 163 Å². The van der Waals surface area contributed by atoms with Crippen molar-refractivity contribution in [3.8, 4) is 0 Å². The summed E-state index contributed by atoms with van der Waals surface area (Å²) in [5.74, 6) is 0.458. The lowest BCUT2D eigenvalue weighted by molar-refractivity contribution is 0.0950. The van der Waals surface area contributed by atoms with Crippen LogP contribution in [-0.2, 0) is 19.5 Å². The van der Waals surface area contributed by atoms with Crippen molar-refractivity contribution in [1.82, 2.24) is 15.3 Å². The predicted molar refractivity (Wildman–Crippen MR) is 106 cm³/mol. The van der Waals surface area contributed by atoms with Crippen LogP contribution in [0.5, 0.6) is 0 Å². The number of benzene rings is 2. The normalized spacial score (nSPS) is 13.1. The molecule has 4 rings (SSSR count). The summed E-state index contributed by atoms with van der Waals surface area (Å²) in [6.07, 6.45) is 4.14. The summed E-state index contributed by atoms with van der Waals surface area (Å²) in [4.78, 5) is 23.2. The lowest BCUT2D eigenvalue weighted by atomic mass is 10.0. The predicted octanol–water partition coefficient (Wildman–Crippen LogP) is 3.62. The van der Waals surface area contributed by atoms with Gasteiger partial charge in [0.15, 0.2) is 0 Å². The first-order valence-corrected chi connectivity index (χ1v) is 9.23. The van der Waals surface area contributed by atoms with Crippen LogP contribution >= 0.6 is 11.6 Å². The Morgan fingerprint density at radius 2 is 1.74 bits per heavy atom. The van der Waals surface area contributed by atoms with Gasteiger partial charge in [-0.1, -0.05) is 48.0 Å². The van der Waals surface area contributed by atoms with Crippen LogP contribution in [0.4, 0.5) is 5.95 Å². The molecule has 136 valence electrons. The molecule has 0 aliphatic carbocycles. The van der Waals surface area contributed by atoms with Gasteiger partial charge in [-0.15, -0.1) is 0 Å². The highest BCUT2D eigenvalue weighted by Gasteiger charge is 2.18. The summed E-state index contributed by atoms with van der Waals surface area (Å²) in [6, 6.07) is 15.8. The van der Waals surface area contributed by atoms with Gasteiger partial charge in [0, 0.05) is 37.1 Å². The highest BCUT2D eigenvalue weighted by Crippen LogP contribution is 2.21.